The highest BCUT2D eigenvalue weighted by Crippen LogP contribution is 2.35. The van der Waals surface area contributed by atoms with Crippen molar-refractivity contribution in [2.24, 2.45) is 32.3 Å². The molecule has 0 spiro atoms. The van der Waals surface area contributed by atoms with E-state index in [-0.39, 0.29) is 67.2 Å². The molecule has 8 aliphatic rings. The lowest BCUT2D eigenvalue weighted by Crippen LogP contribution is -2.37. The minimum Gasteiger partial charge on any atom is -0.462 e. The number of halogens is 4. The Bertz CT molecular complexity index is 4810. The van der Waals surface area contributed by atoms with Crippen molar-refractivity contribution in [3.05, 3.63) is 231 Å². The van der Waals surface area contributed by atoms with E-state index in [1.54, 1.807) is 0 Å². The van der Waals surface area contributed by atoms with E-state index >= 15 is 0 Å². The lowest BCUT2D eigenvalue weighted by molar-refractivity contribution is -0.137. The smallest absolute Gasteiger partial charge is 0.338 e. The number of esters is 4. The first kappa shape index (κ1) is 109. The third-order valence-corrected chi connectivity index (χ3v) is 26.9. The van der Waals surface area contributed by atoms with Gasteiger partial charge in [0.15, 0.2) is 19.8 Å². The molecule has 4 fully saturated rings. The number of allylic oxidation sites excluding steroid dienone is 14. The number of benzene rings is 4. The summed E-state index contributed by atoms with van der Waals surface area (Å²) >= 11 is 26.8. The van der Waals surface area contributed by atoms with E-state index < -0.39 is 11.9 Å². The SMILES string of the molecule is Cc1cc(C)c2c(c1Cl)CC(=N/OCC(=O)N1CCCCC1)/C=C/CC/C=C/C(C)COC2=O.Cc1cc(C)c2c(c1Cl)CC(=N/OCC(=O)N1CCCCC1)/C=C/CC/C=C/CCCOC2=O.Cc1cc(C)c2c(c1Cl)CC(=NCCC(=O)N1CCCCC1)/C=C/CC/C=C/CCCOC2=O.Cc1cc(C)c2c(c1Cl)CC(=N\OCC(=O)N1CCCCC1)/C=C/CC/C=C/C(C)COC2=O. The molecule has 8 aliphatic heterocycles. The molecule has 0 aliphatic carbocycles. The lowest BCUT2D eigenvalue weighted by atomic mass is 9.94. The highest BCUT2D eigenvalue weighted by Gasteiger charge is 2.30. The Kier molecular flexibility index (Phi) is 47.6. The van der Waals surface area contributed by atoms with Gasteiger partial charge in [0, 0.05) is 129 Å². The summed E-state index contributed by atoms with van der Waals surface area (Å²) in [5, 5.41) is 15.0. The van der Waals surface area contributed by atoms with E-state index in [9.17, 15) is 38.4 Å². The van der Waals surface area contributed by atoms with Gasteiger partial charge in [-0.25, -0.2) is 19.2 Å². The van der Waals surface area contributed by atoms with Gasteiger partial charge in [-0.15, -0.1) is 0 Å². The van der Waals surface area contributed by atoms with E-state index in [2.05, 4.69) is 70.2 Å². The van der Waals surface area contributed by atoms with Crippen molar-refractivity contribution < 1.29 is 71.8 Å². The van der Waals surface area contributed by atoms with Gasteiger partial charge in [-0.3, -0.25) is 24.2 Å². The molecule has 8 heterocycles. The molecule has 0 bridgehead atoms. The molecular formula is C109H142Cl4N8O15. The number of fused-ring (bicyclic) bond motifs is 4. The van der Waals surface area contributed by atoms with Gasteiger partial charge in [0.05, 0.1) is 65.8 Å². The highest BCUT2D eigenvalue weighted by molar-refractivity contribution is 6.34. The third kappa shape index (κ3) is 36.0. The number of likely N-dealkylation sites (tertiary alicyclic amines) is 4. The monoisotopic (exact) mass is 1940 g/mol. The maximum atomic E-state index is 13.0. The summed E-state index contributed by atoms with van der Waals surface area (Å²) in [5.41, 5.74) is 14.2. The lowest BCUT2D eigenvalue weighted by Gasteiger charge is -2.26. The van der Waals surface area contributed by atoms with Gasteiger partial charge in [-0.2, -0.15) is 0 Å². The van der Waals surface area contributed by atoms with Gasteiger partial charge in [-0.1, -0.05) is 173 Å². The van der Waals surface area contributed by atoms with Crippen LogP contribution in [-0.2, 0) is 78.3 Å². The molecule has 0 N–H and O–H groups in total. The average molecular weight is 1950 g/mol. The second-order valence-corrected chi connectivity index (χ2v) is 37.8. The Morgan fingerprint density at radius 1 is 0.324 bits per heavy atom. The van der Waals surface area contributed by atoms with Crippen LogP contribution in [0.1, 0.15) is 283 Å². The predicted molar refractivity (Wildman–Crippen MR) is 545 cm³/mol. The van der Waals surface area contributed by atoms with Crippen LogP contribution in [0.4, 0.5) is 0 Å². The molecule has 4 aromatic rings. The summed E-state index contributed by atoms with van der Waals surface area (Å²) in [6.45, 7) is 27.1. The summed E-state index contributed by atoms with van der Waals surface area (Å²) in [7, 11) is 0. The summed E-state index contributed by atoms with van der Waals surface area (Å²) in [5.74, 6) is -1.23. The fraction of sp³-hybridized carbons (Fsp3) is 0.523. The Hall–Kier alpha value is -10.2. The quantitative estimate of drug-likeness (QED) is 0.0552. The van der Waals surface area contributed by atoms with Crippen LogP contribution in [0.3, 0.4) is 0 Å². The number of piperidine rings is 4. The van der Waals surface area contributed by atoms with Crippen LogP contribution in [0.5, 0.6) is 0 Å². The number of rotatable bonds is 12. The number of cyclic esters (lactones) is 4. The van der Waals surface area contributed by atoms with Gasteiger partial charge >= 0.3 is 23.9 Å². The fourth-order valence-electron chi connectivity index (χ4n) is 17.4. The van der Waals surface area contributed by atoms with Crippen molar-refractivity contribution in [3.8, 4) is 0 Å². The van der Waals surface area contributed by atoms with Crippen LogP contribution in [0.15, 0.2) is 142 Å². The molecule has 27 heteroatoms. The van der Waals surface area contributed by atoms with E-state index in [4.69, 9.17) is 84.9 Å². The summed E-state index contributed by atoms with van der Waals surface area (Å²) in [6.07, 6.45) is 57.9. The molecule has 12 rings (SSSR count). The topological polar surface area (TPSA) is 264 Å². The van der Waals surface area contributed by atoms with Gasteiger partial charge in [-0.05, 0) is 301 Å². The molecule has 0 radical (unpaired) electrons. The van der Waals surface area contributed by atoms with Crippen molar-refractivity contribution in [1.82, 2.24) is 19.6 Å². The van der Waals surface area contributed by atoms with Crippen LogP contribution in [0.2, 0.25) is 20.1 Å². The van der Waals surface area contributed by atoms with Crippen molar-refractivity contribution in [1.29, 1.82) is 0 Å². The van der Waals surface area contributed by atoms with E-state index in [0.717, 1.165) is 256 Å². The predicted octanol–water partition coefficient (Wildman–Crippen LogP) is 23.1. The number of amides is 4. The van der Waals surface area contributed by atoms with E-state index in [1.807, 2.05) is 156 Å². The second kappa shape index (κ2) is 59.2. The van der Waals surface area contributed by atoms with E-state index in [1.165, 1.54) is 6.42 Å². The standard InChI is InChI=1S/C28H37ClN2O3.3C27H35ClN2O4/c1-21-19-22(2)27(29)24-20-23(30-15-14-25(32)31-16-10-8-11-17-31)13-9-6-4-3-5-7-12-18-34-28(33)26(21)24;2*1-19-11-7-4-5-8-12-22(29-34-18-24(31)30-13-9-6-10-14-30)16-23-25(27(32)33-17-19)20(2)15-21(3)26(23)28;1-20-17-21(2)26(28)23-18-22(29-34-19-24(31)30-14-10-8-11-15-30)13-9-6-4-3-5-7-12-16-33-27(32)25(20)23/h3,5,9,13,19H,4,6-8,10-12,14-18,20H2,1-2H3;2*7-8,11-12,15,19H,4-6,9-10,13-14,16-18H2,1-3H3;3,5,9,13,17H,4,6-8,10-12,14-16,18-19H2,1-2H3/b5-3+,13-9+,30-23?;11-7+,12-8+,29-22+;11-7+,12-8+,29-22-;5-3+,13-9+,29-22+. The van der Waals surface area contributed by atoms with Gasteiger partial charge in [0.25, 0.3) is 17.7 Å². The molecule has 4 aromatic carbocycles. The normalized spacial score (nSPS) is 22.0. The van der Waals surface area contributed by atoms with Crippen LogP contribution >= 0.6 is 46.4 Å². The summed E-state index contributed by atoms with van der Waals surface area (Å²) in [4.78, 5) is 131. The number of nitrogens with zero attached hydrogens (tertiary/aromatic N) is 8. The molecule has 2 unspecified atom stereocenters. The average Bonchev–Trinajstić information content (AvgIpc) is 0.819. The molecule has 4 saturated heterocycles. The molecule has 0 aromatic heterocycles. The first-order chi connectivity index (χ1) is 65.7. The van der Waals surface area contributed by atoms with Crippen molar-refractivity contribution in [2.75, 3.05) is 105 Å². The number of ether oxygens (including phenoxy) is 4. The van der Waals surface area contributed by atoms with Crippen LogP contribution in [-0.4, -0.2) is 195 Å². The highest BCUT2D eigenvalue weighted by atomic mass is 35.5. The van der Waals surface area contributed by atoms with Crippen molar-refractivity contribution in [2.45, 2.75) is 255 Å². The third-order valence-electron chi connectivity index (χ3n) is 24.7. The number of hydrogen-bond acceptors (Lipinski definition) is 19. The number of hydrogen-bond donors (Lipinski definition) is 0. The Morgan fingerprint density at radius 3 is 0.890 bits per heavy atom. The first-order valence-corrected chi connectivity index (χ1v) is 50.5. The van der Waals surface area contributed by atoms with Crippen LogP contribution in [0, 0.1) is 67.2 Å². The zero-order valence-corrected chi connectivity index (χ0v) is 84.8. The maximum Gasteiger partial charge on any atom is 0.338 e. The van der Waals surface area contributed by atoms with Gasteiger partial charge < -0.3 is 53.1 Å². The number of carbonyl (C=O) groups is 8. The number of oxime groups is 3. The molecule has 136 heavy (non-hydrogen) atoms. The van der Waals surface area contributed by atoms with E-state index in [0.29, 0.717) is 141 Å². The largest absolute Gasteiger partial charge is 0.462 e. The Morgan fingerprint density at radius 2 is 0.581 bits per heavy atom. The minimum absolute atomic E-state index is 0.0518. The molecular weight excluding hydrogens is 1800 g/mol. The van der Waals surface area contributed by atoms with Crippen molar-refractivity contribution in [3.63, 3.8) is 0 Å². The maximum absolute atomic E-state index is 13.0. The molecule has 0 saturated carbocycles. The molecule has 23 nitrogen and oxygen atoms in total. The summed E-state index contributed by atoms with van der Waals surface area (Å²) in [6, 6.07) is 7.63. The molecule has 736 valence electrons. The number of aryl methyl sites for hydroxylation is 8. The van der Waals surface area contributed by atoms with Crippen LogP contribution < -0.4 is 0 Å². The van der Waals surface area contributed by atoms with Gasteiger partial charge in [0.1, 0.15) is 0 Å². The fourth-order valence-corrected chi connectivity index (χ4v) is 18.2. The Labute approximate surface area is 826 Å². The number of aliphatic imine (C=N–C) groups is 1. The zero-order chi connectivity index (χ0) is 97.7. The minimum atomic E-state index is -0.392. The molecule has 4 amide bonds. The van der Waals surface area contributed by atoms with Crippen molar-refractivity contribution >= 4 is 117 Å². The Balaban J connectivity index is 0.000000203. The first-order valence-electron chi connectivity index (χ1n) is 49.0. The second-order valence-electron chi connectivity index (χ2n) is 36.3. The van der Waals surface area contributed by atoms with Gasteiger partial charge in [0.2, 0.25) is 5.91 Å². The molecule has 2 atom stereocenters. The van der Waals surface area contributed by atoms with Crippen LogP contribution in [0.25, 0.3) is 0 Å². The summed E-state index contributed by atoms with van der Waals surface area (Å²) < 4.78 is 22.4. The number of carbonyl (C=O) groups excluding carboxylic acids is 8. The zero-order valence-electron chi connectivity index (χ0n) is 81.7.